The summed E-state index contributed by atoms with van der Waals surface area (Å²) >= 11 is 1.88. The number of aromatic nitrogens is 2. The van der Waals surface area contributed by atoms with Crippen molar-refractivity contribution < 1.29 is 9.84 Å². The summed E-state index contributed by atoms with van der Waals surface area (Å²) in [6.07, 6.45) is 1.86. The topological polar surface area (TPSA) is 82.5 Å². The average molecular weight is 462 g/mol. The highest BCUT2D eigenvalue weighted by Crippen LogP contribution is 2.44. The van der Waals surface area contributed by atoms with E-state index in [2.05, 4.69) is 39.8 Å². The van der Waals surface area contributed by atoms with Crippen molar-refractivity contribution in [2.75, 3.05) is 47.7 Å². The summed E-state index contributed by atoms with van der Waals surface area (Å²) in [5, 5.41) is 16.6. The number of phenols is 1. The first-order chi connectivity index (χ1) is 16.3. The van der Waals surface area contributed by atoms with E-state index in [1.165, 1.54) is 16.0 Å². The van der Waals surface area contributed by atoms with E-state index in [0.29, 0.717) is 11.8 Å². The maximum Gasteiger partial charge on any atom is 0.159 e. The van der Waals surface area contributed by atoms with E-state index in [0.717, 1.165) is 68.2 Å². The predicted molar refractivity (Wildman–Crippen MR) is 132 cm³/mol. The Morgan fingerprint density at radius 1 is 1.15 bits per heavy atom. The lowest BCUT2D eigenvalue weighted by atomic mass is 10.0. The van der Waals surface area contributed by atoms with E-state index < -0.39 is 0 Å². The molecule has 3 aliphatic heterocycles. The van der Waals surface area contributed by atoms with Gasteiger partial charge in [-0.25, -0.2) is 9.97 Å². The van der Waals surface area contributed by atoms with Crippen LogP contribution in [0.5, 0.6) is 5.75 Å². The first-order valence-corrected chi connectivity index (χ1v) is 12.5. The Morgan fingerprint density at radius 2 is 2.03 bits per heavy atom. The summed E-state index contributed by atoms with van der Waals surface area (Å²) in [4.78, 5) is 13.8. The van der Waals surface area contributed by atoms with Crippen molar-refractivity contribution in [3.8, 4) is 5.75 Å². The van der Waals surface area contributed by atoms with Crippen LogP contribution in [0.3, 0.4) is 0 Å². The standard InChI is InChI=1S/C25H27N5O2S/c31-18-7-5-16(6-8-18)9-11-26-24-22-25(30(15-27-22)17-10-12-32-13-17)29-23(28-24)20-14-33-21-4-2-1-3-19(20)21/h1-8,17,20,27,31H,9-15H2,(H,26,28,29)/t17-,20?/m0/s1. The molecule has 0 radical (unpaired) electrons. The van der Waals surface area contributed by atoms with Crippen molar-refractivity contribution >= 4 is 29.1 Å². The molecule has 6 rings (SSSR count). The van der Waals surface area contributed by atoms with Crippen molar-refractivity contribution in [1.29, 1.82) is 0 Å². The van der Waals surface area contributed by atoms with Crippen LogP contribution in [0.25, 0.3) is 0 Å². The third-order valence-corrected chi connectivity index (χ3v) is 7.79. The summed E-state index contributed by atoms with van der Waals surface area (Å²) in [6, 6.07) is 16.3. The molecule has 3 N–H and O–H groups in total. The molecule has 33 heavy (non-hydrogen) atoms. The van der Waals surface area contributed by atoms with E-state index in [-0.39, 0.29) is 5.92 Å². The zero-order valence-electron chi connectivity index (χ0n) is 18.3. The fourth-order valence-electron chi connectivity index (χ4n) is 4.79. The van der Waals surface area contributed by atoms with Crippen molar-refractivity contribution in [3.05, 3.63) is 65.5 Å². The molecule has 1 aromatic heterocycles. The van der Waals surface area contributed by atoms with Crippen LogP contribution in [0.15, 0.2) is 53.4 Å². The van der Waals surface area contributed by atoms with Gasteiger partial charge in [0.05, 0.1) is 25.2 Å². The molecule has 0 aliphatic carbocycles. The Morgan fingerprint density at radius 3 is 2.88 bits per heavy atom. The van der Waals surface area contributed by atoms with E-state index in [1.54, 1.807) is 12.1 Å². The Kier molecular flexibility index (Phi) is 5.47. The van der Waals surface area contributed by atoms with Gasteiger partial charge in [0.1, 0.15) is 17.3 Å². The molecular formula is C25H27N5O2S. The number of aromatic hydroxyl groups is 1. The van der Waals surface area contributed by atoms with Crippen LogP contribution in [0, 0.1) is 0 Å². The Hall–Kier alpha value is -2.97. The summed E-state index contributed by atoms with van der Waals surface area (Å²) in [7, 11) is 0. The first kappa shape index (κ1) is 20.6. The smallest absolute Gasteiger partial charge is 0.159 e. The van der Waals surface area contributed by atoms with Gasteiger partial charge in [-0.05, 0) is 42.2 Å². The van der Waals surface area contributed by atoms with E-state index in [4.69, 9.17) is 14.7 Å². The lowest BCUT2D eigenvalue weighted by Crippen LogP contribution is -2.35. The lowest BCUT2D eigenvalue weighted by Gasteiger charge is -2.24. The molecule has 170 valence electrons. The number of phenolic OH excluding ortho intramolecular Hbond substituents is 1. The molecule has 3 aromatic rings. The summed E-state index contributed by atoms with van der Waals surface area (Å²) < 4.78 is 5.66. The van der Waals surface area contributed by atoms with Gasteiger partial charge >= 0.3 is 0 Å². The summed E-state index contributed by atoms with van der Waals surface area (Å²) in [6.45, 7) is 3.02. The number of benzene rings is 2. The minimum Gasteiger partial charge on any atom is -0.508 e. The second kappa shape index (κ2) is 8.76. The number of nitrogens with one attached hydrogen (secondary N) is 2. The highest BCUT2D eigenvalue weighted by atomic mass is 32.2. The molecular weight excluding hydrogens is 434 g/mol. The largest absolute Gasteiger partial charge is 0.508 e. The van der Waals surface area contributed by atoms with Gasteiger partial charge in [0.25, 0.3) is 0 Å². The SMILES string of the molecule is Oc1ccc(CCNc2nc(C3CSc4ccccc43)nc3c2NCN3[C@H]2CCOC2)cc1. The van der Waals surface area contributed by atoms with Crippen LogP contribution >= 0.6 is 11.8 Å². The van der Waals surface area contributed by atoms with Gasteiger partial charge in [0.15, 0.2) is 11.6 Å². The zero-order valence-corrected chi connectivity index (χ0v) is 19.1. The number of thioether (sulfide) groups is 1. The number of hydrogen-bond donors (Lipinski definition) is 3. The second-order valence-corrected chi connectivity index (χ2v) is 9.76. The summed E-state index contributed by atoms with van der Waals surface area (Å²) in [5.74, 6) is 4.18. The molecule has 4 heterocycles. The third-order valence-electron chi connectivity index (χ3n) is 6.61. The molecule has 0 bridgehead atoms. The van der Waals surface area contributed by atoms with Gasteiger partial charge in [-0.2, -0.15) is 0 Å². The Labute approximate surface area is 197 Å². The highest BCUT2D eigenvalue weighted by molar-refractivity contribution is 7.99. The van der Waals surface area contributed by atoms with Gasteiger partial charge < -0.3 is 25.4 Å². The van der Waals surface area contributed by atoms with Gasteiger partial charge in [-0.3, -0.25) is 0 Å². The first-order valence-electron chi connectivity index (χ1n) is 11.5. The number of fused-ring (bicyclic) bond motifs is 2. The van der Waals surface area contributed by atoms with Crippen molar-refractivity contribution in [1.82, 2.24) is 9.97 Å². The number of hydrogen-bond acceptors (Lipinski definition) is 8. The van der Waals surface area contributed by atoms with E-state index in [9.17, 15) is 5.11 Å². The van der Waals surface area contributed by atoms with Crippen LogP contribution in [-0.4, -0.2) is 53.3 Å². The molecule has 8 heteroatoms. The highest BCUT2D eigenvalue weighted by Gasteiger charge is 2.35. The second-order valence-electron chi connectivity index (χ2n) is 8.70. The lowest BCUT2D eigenvalue weighted by molar-refractivity contribution is 0.193. The number of anilines is 3. The molecule has 0 spiro atoms. The van der Waals surface area contributed by atoms with Crippen LogP contribution in [0.2, 0.25) is 0 Å². The molecule has 2 atom stereocenters. The number of ether oxygens (including phenoxy) is 1. The van der Waals surface area contributed by atoms with Gasteiger partial charge in [-0.1, -0.05) is 30.3 Å². The zero-order chi connectivity index (χ0) is 22.2. The normalized spacial score (nSPS) is 21.0. The molecule has 2 aromatic carbocycles. The molecule has 7 nitrogen and oxygen atoms in total. The van der Waals surface area contributed by atoms with Crippen LogP contribution in [0.1, 0.15) is 29.3 Å². The maximum absolute atomic E-state index is 9.53. The number of rotatable bonds is 6. The minimum atomic E-state index is 0.191. The Balaban J connectivity index is 1.31. The average Bonchev–Trinajstić information content (AvgIpc) is 3.59. The van der Waals surface area contributed by atoms with Gasteiger partial charge in [0, 0.05) is 23.8 Å². The molecule has 1 saturated heterocycles. The van der Waals surface area contributed by atoms with Crippen molar-refractivity contribution in [2.45, 2.75) is 29.7 Å². The Bertz CT molecular complexity index is 1150. The minimum absolute atomic E-state index is 0.191. The molecule has 0 amide bonds. The maximum atomic E-state index is 9.53. The fraction of sp³-hybridized carbons (Fsp3) is 0.360. The van der Waals surface area contributed by atoms with E-state index in [1.807, 2.05) is 23.9 Å². The van der Waals surface area contributed by atoms with Crippen LogP contribution < -0.4 is 15.5 Å². The molecule has 3 aliphatic rings. The monoisotopic (exact) mass is 461 g/mol. The predicted octanol–water partition coefficient (Wildman–Crippen LogP) is 4.05. The molecule has 0 saturated carbocycles. The van der Waals surface area contributed by atoms with Gasteiger partial charge in [-0.15, -0.1) is 11.8 Å². The quantitative estimate of drug-likeness (QED) is 0.507. The van der Waals surface area contributed by atoms with Crippen molar-refractivity contribution in [2.24, 2.45) is 0 Å². The third kappa shape index (κ3) is 3.98. The molecule has 1 fully saturated rings. The number of nitrogens with zero attached hydrogens (tertiary/aromatic N) is 3. The van der Waals surface area contributed by atoms with Crippen LogP contribution in [-0.2, 0) is 11.2 Å². The fourth-order valence-corrected chi connectivity index (χ4v) is 6.02. The van der Waals surface area contributed by atoms with Gasteiger partial charge in [0.2, 0.25) is 0 Å². The van der Waals surface area contributed by atoms with E-state index >= 15 is 0 Å². The van der Waals surface area contributed by atoms with Crippen LogP contribution in [0.4, 0.5) is 17.3 Å². The summed E-state index contributed by atoms with van der Waals surface area (Å²) in [5.41, 5.74) is 3.47. The molecule has 1 unspecified atom stereocenters. The van der Waals surface area contributed by atoms with Crippen molar-refractivity contribution in [3.63, 3.8) is 0 Å².